The average molecular weight is 515 g/mol. The monoisotopic (exact) mass is 514 g/mol. The molecule has 0 aliphatic carbocycles. The molecule has 6 nitrogen and oxygen atoms in total. The van der Waals surface area contributed by atoms with Crippen molar-refractivity contribution in [1.82, 2.24) is 9.88 Å². The third-order valence-electron chi connectivity index (χ3n) is 7.11. The number of piperazine rings is 1. The van der Waals surface area contributed by atoms with E-state index in [-0.39, 0.29) is 0 Å². The molecule has 0 atom stereocenters. The number of hydrogen-bond acceptors (Lipinski definition) is 6. The van der Waals surface area contributed by atoms with Gasteiger partial charge in [0.25, 0.3) is 0 Å². The molecule has 7 heteroatoms. The number of nitriles is 1. The standard InChI is InChI=1S/C30H31ClN4O2/c1-30(2,36)22-7-10-29-26(18-22)24(25-5-3-11-33-27(25)20-37-29)6-4-12-34-13-15-35(16-14-34)28-9-8-23(31)17-21(28)19-32/h3,5-11,17-18,36H,4,12-16,20H2,1-2H3/b24-6-. The highest BCUT2D eigenvalue weighted by molar-refractivity contribution is 6.30. The first-order valence-corrected chi connectivity index (χ1v) is 13.0. The SMILES string of the molecule is CC(C)(O)c1ccc2c(c1)/C(=C\CCN1CCN(c3ccc(Cl)cc3C#N)CC1)c1cccnc1CO2. The van der Waals surface area contributed by atoms with Crippen LogP contribution in [0.2, 0.25) is 5.02 Å². The predicted octanol–water partition coefficient (Wildman–Crippen LogP) is 5.37. The molecule has 0 radical (unpaired) electrons. The molecular weight excluding hydrogens is 484 g/mol. The quantitative estimate of drug-likeness (QED) is 0.493. The summed E-state index contributed by atoms with van der Waals surface area (Å²) in [7, 11) is 0. The van der Waals surface area contributed by atoms with Crippen molar-refractivity contribution in [2.24, 2.45) is 0 Å². The zero-order chi connectivity index (χ0) is 26.0. The first kappa shape index (κ1) is 25.3. The Labute approximate surface area is 223 Å². The lowest BCUT2D eigenvalue weighted by Gasteiger charge is -2.36. The molecule has 0 spiro atoms. The molecule has 0 amide bonds. The summed E-state index contributed by atoms with van der Waals surface area (Å²) in [6, 6.07) is 17.8. The van der Waals surface area contributed by atoms with Gasteiger partial charge in [0.05, 0.1) is 22.5 Å². The van der Waals surface area contributed by atoms with Crippen LogP contribution in [0.15, 0.2) is 60.8 Å². The van der Waals surface area contributed by atoms with Crippen molar-refractivity contribution in [1.29, 1.82) is 5.26 Å². The average Bonchev–Trinajstić information content (AvgIpc) is 3.05. The Morgan fingerprint density at radius 2 is 1.92 bits per heavy atom. The zero-order valence-corrected chi connectivity index (χ0v) is 22.0. The molecule has 2 aromatic carbocycles. The van der Waals surface area contributed by atoms with E-state index in [1.165, 1.54) is 0 Å². The largest absolute Gasteiger partial charge is 0.487 e. The Morgan fingerprint density at radius 1 is 1.11 bits per heavy atom. The summed E-state index contributed by atoms with van der Waals surface area (Å²) in [6.45, 7) is 8.54. The molecule has 37 heavy (non-hydrogen) atoms. The van der Waals surface area contributed by atoms with Crippen molar-refractivity contribution in [3.05, 3.63) is 93.8 Å². The number of pyridine rings is 1. The van der Waals surface area contributed by atoms with Crippen LogP contribution < -0.4 is 9.64 Å². The number of aromatic nitrogens is 1. The van der Waals surface area contributed by atoms with E-state index >= 15 is 0 Å². The van der Waals surface area contributed by atoms with Crippen LogP contribution in [-0.4, -0.2) is 47.7 Å². The molecular formula is C30H31ClN4O2. The van der Waals surface area contributed by atoms with Crippen LogP contribution in [0, 0.1) is 11.3 Å². The molecule has 1 fully saturated rings. The Bertz CT molecular complexity index is 1360. The Hall–Kier alpha value is -3.37. The summed E-state index contributed by atoms with van der Waals surface area (Å²) in [6.07, 6.45) is 4.96. The van der Waals surface area contributed by atoms with Crippen molar-refractivity contribution >= 4 is 22.9 Å². The van der Waals surface area contributed by atoms with E-state index in [1.54, 1.807) is 26.1 Å². The first-order chi connectivity index (χ1) is 17.8. The molecule has 190 valence electrons. The fourth-order valence-corrected chi connectivity index (χ4v) is 5.21. The minimum atomic E-state index is -0.945. The van der Waals surface area contributed by atoms with Crippen molar-refractivity contribution in [3.8, 4) is 11.8 Å². The third kappa shape index (κ3) is 5.50. The number of hydrogen-bond donors (Lipinski definition) is 1. The number of anilines is 1. The van der Waals surface area contributed by atoms with E-state index in [4.69, 9.17) is 16.3 Å². The van der Waals surface area contributed by atoms with Gasteiger partial charge in [0.2, 0.25) is 0 Å². The second-order valence-electron chi connectivity index (χ2n) is 10.1. The lowest BCUT2D eigenvalue weighted by molar-refractivity contribution is 0.0785. The van der Waals surface area contributed by atoms with E-state index < -0.39 is 5.60 Å². The van der Waals surface area contributed by atoms with Gasteiger partial charge in [-0.3, -0.25) is 9.88 Å². The number of aliphatic hydroxyl groups is 1. The molecule has 3 aromatic rings. The maximum atomic E-state index is 10.6. The zero-order valence-electron chi connectivity index (χ0n) is 21.2. The normalized spacial score (nSPS) is 16.9. The van der Waals surface area contributed by atoms with Crippen LogP contribution >= 0.6 is 11.6 Å². The number of nitrogens with zero attached hydrogens (tertiary/aromatic N) is 4. The van der Waals surface area contributed by atoms with Gasteiger partial charge in [0, 0.05) is 55.1 Å². The minimum absolute atomic E-state index is 0.416. The van der Waals surface area contributed by atoms with Gasteiger partial charge in [-0.1, -0.05) is 29.8 Å². The second-order valence-corrected chi connectivity index (χ2v) is 10.5. The van der Waals surface area contributed by atoms with Gasteiger partial charge in [0.15, 0.2) is 0 Å². The lowest BCUT2D eigenvalue weighted by Crippen LogP contribution is -2.46. The molecule has 2 aliphatic rings. The van der Waals surface area contributed by atoms with E-state index in [0.717, 1.165) is 78.5 Å². The molecule has 1 N–H and O–H groups in total. The summed E-state index contributed by atoms with van der Waals surface area (Å²) in [5.41, 5.74) is 5.56. The van der Waals surface area contributed by atoms with Gasteiger partial charge in [-0.2, -0.15) is 5.26 Å². The fourth-order valence-electron chi connectivity index (χ4n) is 5.03. The van der Waals surface area contributed by atoms with Crippen molar-refractivity contribution < 1.29 is 9.84 Å². The Kier molecular flexibility index (Phi) is 7.21. The molecule has 5 rings (SSSR count). The maximum Gasteiger partial charge on any atom is 0.131 e. The first-order valence-electron chi connectivity index (χ1n) is 12.6. The molecule has 0 bridgehead atoms. The summed E-state index contributed by atoms with van der Waals surface area (Å²) in [5.74, 6) is 0.808. The van der Waals surface area contributed by atoms with Gasteiger partial charge >= 0.3 is 0 Å². The van der Waals surface area contributed by atoms with E-state index in [9.17, 15) is 10.4 Å². The molecule has 3 heterocycles. The number of rotatable bonds is 5. The second kappa shape index (κ2) is 10.5. The summed E-state index contributed by atoms with van der Waals surface area (Å²) in [4.78, 5) is 9.30. The Balaban J connectivity index is 1.33. The molecule has 0 unspecified atom stereocenters. The summed E-state index contributed by atoms with van der Waals surface area (Å²) in [5, 5.41) is 20.7. The molecule has 1 saturated heterocycles. The third-order valence-corrected chi connectivity index (χ3v) is 7.34. The van der Waals surface area contributed by atoms with E-state index in [1.807, 2.05) is 36.4 Å². The minimum Gasteiger partial charge on any atom is -0.487 e. The number of benzene rings is 2. The van der Waals surface area contributed by atoms with Crippen LogP contribution in [-0.2, 0) is 12.2 Å². The topological polar surface area (TPSA) is 72.6 Å². The van der Waals surface area contributed by atoms with E-state index in [2.05, 4.69) is 33.0 Å². The highest BCUT2D eigenvalue weighted by atomic mass is 35.5. The van der Waals surface area contributed by atoms with Crippen molar-refractivity contribution in [2.45, 2.75) is 32.5 Å². The van der Waals surface area contributed by atoms with E-state index in [0.29, 0.717) is 17.2 Å². The van der Waals surface area contributed by atoms with Crippen LogP contribution in [0.25, 0.3) is 5.57 Å². The maximum absolute atomic E-state index is 10.6. The lowest BCUT2D eigenvalue weighted by atomic mass is 9.90. The fraction of sp³-hybridized carbons (Fsp3) is 0.333. The number of fused-ring (bicyclic) bond motifs is 2. The molecule has 2 aliphatic heterocycles. The molecule has 1 aromatic heterocycles. The van der Waals surface area contributed by atoms with Gasteiger partial charge in [-0.05, 0) is 67.8 Å². The molecule has 0 saturated carbocycles. The van der Waals surface area contributed by atoms with Gasteiger partial charge in [0.1, 0.15) is 18.4 Å². The Morgan fingerprint density at radius 3 is 2.68 bits per heavy atom. The van der Waals surface area contributed by atoms with Gasteiger partial charge < -0.3 is 14.7 Å². The summed E-state index contributed by atoms with van der Waals surface area (Å²) >= 11 is 6.08. The van der Waals surface area contributed by atoms with Crippen molar-refractivity contribution in [2.75, 3.05) is 37.6 Å². The van der Waals surface area contributed by atoms with Crippen LogP contribution in [0.4, 0.5) is 5.69 Å². The van der Waals surface area contributed by atoms with Crippen LogP contribution in [0.1, 0.15) is 48.2 Å². The van der Waals surface area contributed by atoms with Gasteiger partial charge in [-0.15, -0.1) is 0 Å². The summed E-state index contributed by atoms with van der Waals surface area (Å²) < 4.78 is 6.12. The van der Waals surface area contributed by atoms with Crippen molar-refractivity contribution in [3.63, 3.8) is 0 Å². The van der Waals surface area contributed by atoms with Crippen LogP contribution in [0.5, 0.6) is 5.75 Å². The number of ether oxygens (including phenoxy) is 1. The highest BCUT2D eigenvalue weighted by Gasteiger charge is 2.24. The highest BCUT2D eigenvalue weighted by Crippen LogP contribution is 2.38. The van der Waals surface area contributed by atoms with Gasteiger partial charge in [-0.25, -0.2) is 0 Å². The van der Waals surface area contributed by atoms with Crippen LogP contribution in [0.3, 0.4) is 0 Å². The smallest absolute Gasteiger partial charge is 0.131 e. The number of halogens is 1. The predicted molar refractivity (Wildman–Crippen MR) is 147 cm³/mol.